The molecule has 1 aromatic rings. The molecule has 0 aromatic heterocycles. The molecule has 2 rings (SSSR count). The van der Waals surface area contributed by atoms with Crippen LogP contribution in [0.4, 0.5) is 11.4 Å². The van der Waals surface area contributed by atoms with E-state index in [1.807, 2.05) is 0 Å². The average Bonchev–Trinajstić information content (AvgIpc) is 2.59. The zero-order valence-electron chi connectivity index (χ0n) is 11.7. The van der Waals surface area contributed by atoms with Crippen LogP contribution in [-0.2, 0) is 10.0 Å². The number of primary sulfonamides is 1. The van der Waals surface area contributed by atoms with E-state index >= 15 is 0 Å². The lowest BCUT2D eigenvalue weighted by atomic mass is 10.0. The van der Waals surface area contributed by atoms with E-state index in [1.54, 1.807) is 6.07 Å². The van der Waals surface area contributed by atoms with Crippen LogP contribution in [0.15, 0.2) is 23.1 Å². The van der Waals surface area contributed by atoms with E-state index in [-0.39, 0.29) is 21.8 Å². The Morgan fingerprint density at radius 1 is 1.11 bits per heavy atom. The van der Waals surface area contributed by atoms with E-state index in [4.69, 9.17) is 10.9 Å². The molecule has 0 aliphatic heterocycles. The van der Waals surface area contributed by atoms with E-state index in [2.05, 4.69) is 33.0 Å². The minimum atomic E-state index is -3.74. The summed E-state index contributed by atoms with van der Waals surface area (Å²) in [6, 6.07) is 4.88. The molecule has 5 nitrogen and oxygen atoms in total. The Labute approximate surface area is 114 Å². The van der Waals surface area contributed by atoms with Gasteiger partial charge in [0, 0.05) is 17.4 Å². The van der Waals surface area contributed by atoms with Gasteiger partial charge >= 0.3 is 0 Å². The molecule has 0 amide bonds. The van der Waals surface area contributed by atoms with Crippen LogP contribution >= 0.6 is 0 Å². The van der Waals surface area contributed by atoms with Crippen LogP contribution in [0.25, 0.3) is 0 Å². The van der Waals surface area contributed by atoms with E-state index in [9.17, 15) is 8.42 Å². The van der Waals surface area contributed by atoms with Crippen molar-refractivity contribution in [2.24, 2.45) is 16.0 Å². The normalized spacial score (nSPS) is 21.1. The molecule has 19 heavy (non-hydrogen) atoms. The zero-order chi connectivity index (χ0) is 14.6. The molecule has 1 saturated carbocycles. The van der Waals surface area contributed by atoms with Crippen molar-refractivity contribution >= 4 is 21.4 Å². The molecule has 0 radical (unpaired) electrons. The molecule has 1 fully saturated rings. The SMILES string of the molecule is CC1(C)C(Nc2cc(N)cc(S(N)(=O)=O)c2)C1(C)C. The van der Waals surface area contributed by atoms with Gasteiger partial charge in [0.15, 0.2) is 0 Å². The number of nitrogen functional groups attached to an aromatic ring is 1. The van der Waals surface area contributed by atoms with E-state index in [0.717, 1.165) is 0 Å². The number of anilines is 2. The predicted molar refractivity (Wildman–Crippen MR) is 77.2 cm³/mol. The van der Waals surface area contributed by atoms with Crippen molar-refractivity contribution in [2.75, 3.05) is 11.1 Å². The summed E-state index contributed by atoms with van der Waals surface area (Å²) in [4.78, 5) is 0.0336. The molecule has 5 N–H and O–H groups in total. The van der Waals surface area contributed by atoms with Crippen LogP contribution in [0.5, 0.6) is 0 Å². The van der Waals surface area contributed by atoms with E-state index < -0.39 is 10.0 Å². The second-order valence-electron chi connectivity index (χ2n) is 6.36. The summed E-state index contributed by atoms with van der Waals surface area (Å²) in [5.41, 5.74) is 7.10. The Hall–Kier alpha value is -1.27. The molecule has 0 bridgehead atoms. The highest BCUT2D eigenvalue weighted by Gasteiger charge is 2.64. The lowest BCUT2D eigenvalue weighted by Crippen LogP contribution is -2.15. The van der Waals surface area contributed by atoms with Gasteiger partial charge in [-0.25, -0.2) is 13.6 Å². The fourth-order valence-electron chi connectivity index (χ4n) is 2.59. The Balaban J connectivity index is 2.31. The van der Waals surface area contributed by atoms with E-state index in [1.165, 1.54) is 12.1 Å². The first-order valence-electron chi connectivity index (χ1n) is 6.16. The monoisotopic (exact) mass is 283 g/mol. The molecule has 1 aromatic carbocycles. The minimum absolute atomic E-state index is 0.0336. The van der Waals surface area contributed by atoms with Crippen LogP contribution in [0.3, 0.4) is 0 Å². The highest BCUT2D eigenvalue weighted by Crippen LogP contribution is 2.63. The third-order valence-corrected chi connectivity index (χ3v) is 5.48. The standard InChI is InChI=1S/C13H21N3O2S/c1-12(2)11(13(12,3)4)16-9-5-8(14)6-10(7-9)19(15,17)18/h5-7,11,16H,14H2,1-4H3,(H2,15,17,18). The van der Waals surface area contributed by atoms with Crippen molar-refractivity contribution in [3.05, 3.63) is 18.2 Å². The van der Waals surface area contributed by atoms with Crippen LogP contribution in [0, 0.1) is 10.8 Å². The largest absolute Gasteiger partial charge is 0.399 e. The summed E-state index contributed by atoms with van der Waals surface area (Å²) >= 11 is 0. The molecule has 0 atom stereocenters. The lowest BCUT2D eigenvalue weighted by Gasteiger charge is -2.11. The highest BCUT2D eigenvalue weighted by atomic mass is 32.2. The van der Waals surface area contributed by atoms with Gasteiger partial charge < -0.3 is 11.1 Å². The van der Waals surface area contributed by atoms with Gasteiger partial charge in [0.1, 0.15) is 0 Å². The summed E-state index contributed by atoms with van der Waals surface area (Å²) in [6.07, 6.45) is 0. The number of hydrogen-bond acceptors (Lipinski definition) is 4. The third-order valence-electron chi connectivity index (χ3n) is 4.59. The van der Waals surface area contributed by atoms with Gasteiger partial charge in [-0.1, -0.05) is 27.7 Å². The molecule has 6 heteroatoms. The van der Waals surface area contributed by atoms with Crippen LogP contribution < -0.4 is 16.2 Å². The summed E-state index contributed by atoms with van der Waals surface area (Å²) in [5.74, 6) is 0. The second kappa shape index (κ2) is 3.86. The van der Waals surface area contributed by atoms with Crippen LogP contribution in [-0.4, -0.2) is 14.5 Å². The van der Waals surface area contributed by atoms with Crippen molar-refractivity contribution in [3.8, 4) is 0 Å². The maximum Gasteiger partial charge on any atom is 0.238 e. The zero-order valence-corrected chi connectivity index (χ0v) is 12.5. The molecule has 1 aliphatic carbocycles. The molecule has 106 valence electrons. The number of hydrogen-bond donors (Lipinski definition) is 3. The quantitative estimate of drug-likeness (QED) is 0.736. The Kier molecular flexibility index (Phi) is 2.88. The molecule has 0 spiro atoms. The number of rotatable bonds is 3. The summed E-state index contributed by atoms with van der Waals surface area (Å²) in [6.45, 7) is 8.71. The van der Waals surface area contributed by atoms with Crippen molar-refractivity contribution < 1.29 is 8.42 Å². The van der Waals surface area contributed by atoms with Gasteiger partial charge in [0.05, 0.1) is 4.90 Å². The van der Waals surface area contributed by atoms with Crippen LogP contribution in [0.1, 0.15) is 27.7 Å². The van der Waals surface area contributed by atoms with Crippen molar-refractivity contribution in [1.82, 2.24) is 0 Å². The van der Waals surface area contributed by atoms with Crippen LogP contribution in [0.2, 0.25) is 0 Å². The Morgan fingerprint density at radius 2 is 1.63 bits per heavy atom. The first kappa shape index (κ1) is 14.1. The molecule has 1 aliphatic rings. The van der Waals surface area contributed by atoms with Crippen molar-refractivity contribution in [2.45, 2.75) is 38.6 Å². The van der Waals surface area contributed by atoms with Gasteiger partial charge in [0.25, 0.3) is 0 Å². The first-order chi connectivity index (χ1) is 8.46. The number of sulfonamides is 1. The molecule has 0 heterocycles. The van der Waals surface area contributed by atoms with Crippen molar-refractivity contribution in [1.29, 1.82) is 0 Å². The molecule has 0 saturated heterocycles. The lowest BCUT2D eigenvalue weighted by molar-refractivity contribution is 0.457. The topological polar surface area (TPSA) is 98.2 Å². The molecular formula is C13H21N3O2S. The summed E-state index contributed by atoms with van der Waals surface area (Å²) in [5, 5.41) is 8.49. The molecule has 0 unspecified atom stereocenters. The first-order valence-corrected chi connectivity index (χ1v) is 7.71. The number of benzene rings is 1. The number of nitrogens with two attached hydrogens (primary N) is 2. The number of nitrogens with one attached hydrogen (secondary N) is 1. The average molecular weight is 283 g/mol. The third kappa shape index (κ3) is 2.30. The van der Waals surface area contributed by atoms with Crippen molar-refractivity contribution in [3.63, 3.8) is 0 Å². The smallest absolute Gasteiger partial charge is 0.238 e. The van der Waals surface area contributed by atoms with Gasteiger partial charge in [0.2, 0.25) is 10.0 Å². The van der Waals surface area contributed by atoms with E-state index in [0.29, 0.717) is 11.4 Å². The molecular weight excluding hydrogens is 262 g/mol. The maximum absolute atomic E-state index is 11.4. The summed E-state index contributed by atoms with van der Waals surface area (Å²) < 4.78 is 22.8. The fourth-order valence-corrected chi connectivity index (χ4v) is 3.19. The predicted octanol–water partition coefficient (Wildman–Crippen LogP) is 1.76. The second-order valence-corrected chi connectivity index (χ2v) is 7.92. The van der Waals surface area contributed by atoms with Gasteiger partial charge in [-0.2, -0.15) is 0 Å². The fraction of sp³-hybridized carbons (Fsp3) is 0.538. The van der Waals surface area contributed by atoms with Gasteiger partial charge in [-0.05, 0) is 29.0 Å². The van der Waals surface area contributed by atoms with Gasteiger partial charge in [-0.15, -0.1) is 0 Å². The highest BCUT2D eigenvalue weighted by molar-refractivity contribution is 7.89. The Morgan fingerprint density at radius 3 is 2.05 bits per heavy atom. The van der Waals surface area contributed by atoms with Gasteiger partial charge in [-0.3, -0.25) is 0 Å². The summed E-state index contributed by atoms with van der Waals surface area (Å²) in [7, 11) is -3.74. The Bertz CT molecular complexity index is 607. The minimum Gasteiger partial charge on any atom is -0.399 e. The maximum atomic E-state index is 11.4.